The molecule has 0 unspecified atom stereocenters. The molecule has 0 bridgehead atoms. The van der Waals surface area contributed by atoms with Gasteiger partial charge < -0.3 is 10.6 Å². The molecule has 1 aromatic carbocycles. The Labute approximate surface area is 158 Å². The van der Waals surface area contributed by atoms with E-state index in [9.17, 15) is 0 Å². The molecule has 0 amide bonds. The minimum Gasteiger partial charge on any atom is -0.369 e. The van der Waals surface area contributed by atoms with Crippen LogP contribution in [0.2, 0.25) is 0 Å². The second-order valence-corrected chi connectivity index (χ2v) is 6.54. The van der Waals surface area contributed by atoms with E-state index in [-0.39, 0.29) is 0 Å². The third kappa shape index (κ3) is 3.80. The number of hydrogen-bond donors (Lipinski definition) is 3. The lowest BCUT2D eigenvalue weighted by Gasteiger charge is -2.10. The van der Waals surface area contributed by atoms with Gasteiger partial charge in [0, 0.05) is 42.1 Å². The molecular formula is C18H16BrN7. The zero-order chi connectivity index (χ0) is 17.8. The highest BCUT2D eigenvalue weighted by Crippen LogP contribution is 2.23. The minimum absolute atomic E-state index is 0.524. The van der Waals surface area contributed by atoms with Crippen LogP contribution in [-0.4, -0.2) is 31.7 Å². The van der Waals surface area contributed by atoms with Gasteiger partial charge in [0.25, 0.3) is 0 Å². The van der Waals surface area contributed by atoms with E-state index in [0.717, 1.165) is 45.5 Å². The Morgan fingerprint density at radius 3 is 2.92 bits per heavy atom. The van der Waals surface area contributed by atoms with E-state index in [1.54, 1.807) is 18.6 Å². The SMILES string of the molecule is Brc1cnc(Nc2ccc3[nH]ncc3c2)nc1NCCc1ccccn1. The number of hydrogen-bond acceptors (Lipinski definition) is 6. The Morgan fingerprint density at radius 1 is 1.08 bits per heavy atom. The van der Waals surface area contributed by atoms with Crippen molar-refractivity contribution in [3.8, 4) is 0 Å². The van der Waals surface area contributed by atoms with Crippen LogP contribution < -0.4 is 10.6 Å². The summed E-state index contributed by atoms with van der Waals surface area (Å²) in [5, 5.41) is 14.5. The molecule has 26 heavy (non-hydrogen) atoms. The predicted octanol–water partition coefficient (Wildman–Crippen LogP) is 3.91. The standard InChI is InChI=1S/C18H16BrN7/c19-15-11-22-18(24-14-4-5-16-12(9-14)10-23-26-16)25-17(15)21-8-6-13-3-1-2-7-20-13/h1-5,7,9-11H,6,8H2,(H,23,26)(H2,21,22,24,25). The van der Waals surface area contributed by atoms with Crippen molar-refractivity contribution in [1.29, 1.82) is 0 Å². The molecule has 0 saturated carbocycles. The van der Waals surface area contributed by atoms with Crippen LogP contribution in [0.25, 0.3) is 10.9 Å². The summed E-state index contributed by atoms with van der Waals surface area (Å²) in [4.78, 5) is 13.2. The lowest BCUT2D eigenvalue weighted by Crippen LogP contribution is -2.09. The molecule has 0 atom stereocenters. The number of rotatable bonds is 6. The van der Waals surface area contributed by atoms with Gasteiger partial charge in [0.1, 0.15) is 5.82 Å². The molecule has 0 fully saturated rings. The number of nitrogens with one attached hydrogen (secondary N) is 3. The second kappa shape index (κ2) is 7.49. The number of aromatic nitrogens is 5. The van der Waals surface area contributed by atoms with Crippen LogP contribution >= 0.6 is 15.9 Å². The third-order valence-electron chi connectivity index (χ3n) is 3.84. The maximum absolute atomic E-state index is 4.54. The van der Waals surface area contributed by atoms with Gasteiger partial charge in [-0.1, -0.05) is 6.07 Å². The fraction of sp³-hybridized carbons (Fsp3) is 0.111. The largest absolute Gasteiger partial charge is 0.369 e. The number of benzene rings is 1. The molecule has 0 radical (unpaired) electrons. The Kier molecular flexibility index (Phi) is 4.74. The van der Waals surface area contributed by atoms with E-state index >= 15 is 0 Å². The number of anilines is 3. The van der Waals surface area contributed by atoms with Gasteiger partial charge in [-0.25, -0.2) is 4.98 Å². The average Bonchev–Trinajstić information content (AvgIpc) is 3.13. The van der Waals surface area contributed by atoms with E-state index in [4.69, 9.17) is 0 Å². The molecule has 0 spiro atoms. The normalized spacial score (nSPS) is 10.8. The molecule has 0 aliphatic carbocycles. The van der Waals surface area contributed by atoms with Crippen LogP contribution in [0, 0.1) is 0 Å². The number of H-pyrrole nitrogens is 1. The van der Waals surface area contributed by atoms with Gasteiger partial charge >= 0.3 is 0 Å². The molecule has 8 heteroatoms. The summed E-state index contributed by atoms with van der Waals surface area (Å²) >= 11 is 3.49. The van der Waals surface area contributed by atoms with Gasteiger partial charge in [-0.05, 0) is 46.3 Å². The first-order valence-electron chi connectivity index (χ1n) is 8.14. The Hall–Kier alpha value is -3.00. The molecule has 130 valence electrons. The zero-order valence-electron chi connectivity index (χ0n) is 13.8. The van der Waals surface area contributed by atoms with Crippen molar-refractivity contribution in [1.82, 2.24) is 25.1 Å². The summed E-state index contributed by atoms with van der Waals surface area (Å²) < 4.78 is 0.814. The van der Waals surface area contributed by atoms with Crippen LogP contribution in [0.15, 0.2) is 59.5 Å². The quantitative estimate of drug-likeness (QED) is 0.447. The van der Waals surface area contributed by atoms with Crippen molar-refractivity contribution in [3.05, 3.63) is 65.2 Å². The predicted molar refractivity (Wildman–Crippen MR) is 106 cm³/mol. The van der Waals surface area contributed by atoms with Gasteiger partial charge in [-0.15, -0.1) is 0 Å². The van der Waals surface area contributed by atoms with Crippen molar-refractivity contribution in [2.24, 2.45) is 0 Å². The van der Waals surface area contributed by atoms with E-state index in [0.29, 0.717) is 5.95 Å². The molecular weight excluding hydrogens is 394 g/mol. The number of pyridine rings is 1. The maximum atomic E-state index is 4.54. The fourth-order valence-electron chi connectivity index (χ4n) is 2.56. The molecule has 4 rings (SSSR count). The lowest BCUT2D eigenvalue weighted by molar-refractivity contribution is 0.949. The first-order valence-corrected chi connectivity index (χ1v) is 8.94. The van der Waals surface area contributed by atoms with Crippen LogP contribution in [0.1, 0.15) is 5.69 Å². The van der Waals surface area contributed by atoms with Crippen molar-refractivity contribution in [2.75, 3.05) is 17.2 Å². The van der Waals surface area contributed by atoms with E-state index in [1.165, 1.54) is 0 Å². The number of nitrogens with zero attached hydrogens (tertiary/aromatic N) is 4. The van der Waals surface area contributed by atoms with Crippen LogP contribution in [0.3, 0.4) is 0 Å². The van der Waals surface area contributed by atoms with E-state index < -0.39 is 0 Å². The van der Waals surface area contributed by atoms with Crippen LogP contribution in [0.5, 0.6) is 0 Å². The van der Waals surface area contributed by atoms with Crippen molar-refractivity contribution >= 4 is 44.3 Å². The van der Waals surface area contributed by atoms with E-state index in [1.807, 2.05) is 36.4 Å². The first kappa shape index (κ1) is 16.5. The van der Waals surface area contributed by atoms with Gasteiger partial charge in [-0.2, -0.15) is 10.1 Å². The number of aromatic amines is 1. The van der Waals surface area contributed by atoms with E-state index in [2.05, 4.69) is 51.7 Å². The Balaban J connectivity index is 1.45. The maximum Gasteiger partial charge on any atom is 0.229 e. The highest BCUT2D eigenvalue weighted by Gasteiger charge is 2.06. The molecule has 7 nitrogen and oxygen atoms in total. The summed E-state index contributed by atoms with van der Waals surface area (Å²) in [5.41, 5.74) is 2.93. The van der Waals surface area contributed by atoms with Crippen molar-refractivity contribution < 1.29 is 0 Å². The molecule has 3 heterocycles. The molecule has 0 aliphatic heterocycles. The summed E-state index contributed by atoms with van der Waals surface area (Å²) in [5.74, 6) is 1.26. The van der Waals surface area contributed by atoms with Crippen molar-refractivity contribution in [3.63, 3.8) is 0 Å². The third-order valence-corrected chi connectivity index (χ3v) is 4.42. The van der Waals surface area contributed by atoms with Crippen LogP contribution in [0.4, 0.5) is 17.5 Å². The minimum atomic E-state index is 0.524. The molecule has 3 aromatic heterocycles. The molecule has 4 aromatic rings. The first-order chi connectivity index (χ1) is 12.8. The monoisotopic (exact) mass is 409 g/mol. The zero-order valence-corrected chi connectivity index (χ0v) is 15.4. The summed E-state index contributed by atoms with van der Waals surface area (Å²) in [6, 6.07) is 11.8. The highest BCUT2D eigenvalue weighted by atomic mass is 79.9. The smallest absolute Gasteiger partial charge is 0.229 e. The highest BCUT2D eigenvalue weighted by molar-refractivity contribution is 9.10. The summed E-state index contributed by atoms with van der Waals surface area (Å²) in [6.07, 6.45) is 6.13. The average molecular weight is 410 g/mol. The summed E-state index contributed by atoms with van der Waals surface area (Å²) in [7, 11) is 0. The van der Waals surface area contributed by atoms with Crippen molar-refractivity contribution in [2.45, 2.75) is 6.42 Å². The molecule has 0 aliphatic rings. The van der Waals surface area contributed by atoms with Crippen LogP contribution in [-0.2, 0) is 6.42 Å². The molecule has 0 saturated heterocycles. The fourth-order valence-corrected chi connectivity index (χ4v) is 2.89. The lowest BCUT2D eigenvalue weighted by atomic mass is 10.2. The Bertz CT molecular complexity index is 1020. The number of halogens is 1. The molecule has 3 N–H and O–H groups in total. The Morgan fingerprint density at radius 2 is 2.04 bits per heavy atom. The summed E-state index contributed by atoms with van der Waals surface area (Å²) in [6.45, 7) is 0.729. The van der Waals surface area contributed by atoms with Gasteiger partial charge in [0.2, 0.25) is 5.95 Å². The topological polar surface area (TPSA) is 91.4 Å². The number of fused-ring (bicyclic) bond motifs is 1. The van der Waals surface area contributed by atoms with Gasteiger partial charge in [0.05, 0.1) is 16.2 Å². The second-order valence-electron chi connectivity index (χ2n) is 5.69. The van der Waals surface area contributed by atoms with Gasteiger partial charge in [-0.3, -0.25) is 10.1 Å². The van der Waals surface area contributed by atoms with Gasteiger partial charge in [0.15, 0.2) is 0 Å².